The maximum absolute atomic E-state index is 13.0. The molecule has 7 nitrogen and oxygen atoms in total. The topological polar surface area (TPSA) is 88.3 Å². The fourth-order valence-corrected chi connectivity index (χ4v) is 3.66. The lowest BCUT2D eigenvalue weighted by Crippen LogP contribution is -2.45. The molecule has 8 heteroatoms. The number of halogens is 1. The lowest BCUT2D eigenvalue weighted by atomic mass is 10.1. The number of nitrogens with one attached hydrogen (secondary N) is 1. The van der Waals surface area contributed by atoms with Crippen LogP contribution in [0.4, 0.5) is 0 Å². The Balaban J connectivity index is 1.41. The van der Waals surface area contributed by atoms with Gasteiger partial charge in [0.05, 0.1) is 0 Å². The Bertz CT molecular complexity index is 1050. The third-order valence-corrected chi connectivity index (χ3v) is 5.37. The summed E-state index contributed by atoms with van der Waals surface area (Å²) in [5, 5.41) is 7.46. The summed E-state index contributed by atoms with van der Waals surface area (Å²) in [4.78, 5) is 31.6. The number of aryl methyl sites for hydroxylation is 1. The largest absolute Gasteiger partial charge is 0.350 e. The van der Waals surface area contributed by atoms with E-state index in [1.165, 1.54) is 0 Å². The minimum Gasteiger partial charge on any atom is -0.350 e. The Morgan fingerprint density at radius 2 is 1.90 bits per heavy atom. The molecule has 1 atom stereocenters. The first-order valence-corrected chi connectivity index (χ1v) is 10.1. The van der Waals surface area contributed by atoms with Crippen molar-refractivity contribution in [1.82, 2.24) is 20.4 Å². The lowest BCUT2D eigenvalue weighted by molar-refractivity contribution is -0.125. The van der Waals surface area contributed by atoms with Crippen molar-refractivity contribution in [2.45, 2.75) is 32.4 Å². The van der Waals surface area contributed by atoms with Crippen LogP contribution in [0, 0.1) is 6.92 Å². The smallest absolute Gasteiger partial charge is 0.254 e. The van der Waals surface area contributed by atoms with Crippen LogP contribution >= 0.6 is 11.6 Å². The molecule has 0 spiro atoms. The van der Waals surface area contributed by atoms with E-state index in [0.29, 0.717) is 41.8 Å². The summed E-state index contributed by atoms with van der Waals surface area (Å²) < 4.78 is 4.99. The van der Waals surface area contributed by atoms with Crippen LogP contribution in [0.25, 0.3) is 11.4 Å². The van der Waals surface area contributed by atoms with Gasteiger partial charge in [-0.15, -0.1) is 0 Å². The highest BCUT2D eigenvalue weighted by atomic mass is 35.5. The molecule has 1 saturated heterocycles. The molecule has 1 aliphatic rings. The zero-order valence-electron chi connectivity index (χ0n) is 16.5. The number of hydrogen-bond donors (Lipinski definition) is 1. The van der Waals surface area contributed by atoms with Gasteiger partial charge in [0, 0.05) is 36.2 Å². The molecule has 0 radical (unpaired) electrons. The van der Waals surface area contributed by atoms with Crippen molar-refractivity contribution in [3.63, 3.8) is 0 Å². The molecule has 1 unspecified atom stereocenters. The molecule has 154 valence electrons. The first-order chi connectivity index (χ1) is 14.5. The van der Waals surface area contributed by atoms with Crippen LogP contribution in [0.15, 0.2) is 53.1 Å². The predicted molar refractivity (Wildman–Crippen MR) is 112 cm³/mol. The standard InChI is InChI=1S/C22H21ClN4O3/c1-14-25-20(26-30-14)16-6-8-17(9-7-16)22(29)27-12-2-3-19(27)21(28)24-13-15-4-10-18(23)11-5-15/h4-11,19H,2-3,12-13H2,1H3,(H,24,28). The van der Waals surface area contributed by atoms with Gasteiger partial charge in [0.2, 0.25) is 17.6 Å². The summed E-state index contributed by atoms with van der Waals surface area (Å²) in [6.45, 7) is 2.68. The molecule has 1 fully saturated rings. The Labute approximate surface area is 179 Å². The first kappa shape index (κ1) is 20.1. The van der Waals surface area contributed by atoms with Crippen molar-refractivity contribution in [1.29, 1.82) is 0 Å². The second kappa shape index (κ2) is 8.67. The maximum Gasteiger partial charge on any atom is 0.254 e. The van der Waals surface area contributed by atoms with E-state index in [9.17, 15) is 9.59 Å². The highest BCUT2D eigenvalue weighted by Gasteiger charge is 2.34. The molecule has 2 heterocycles. The van der Waals surface area contributed by atoms with Crippen molar-refractivity contribution in [3.8, 4) is 11.4 Å². The number of nitrogens with zero attached hydrogens (tertiary/aromatic N) is 3. The Kier molecular flexibility index (Phi) is 5.81. The van der Waals surface area contributed by atoms with E-state index in [1.807, 2.05) is 12.1 Å². The van der Waals surface area contributed by atoms with Crippen molar-refractivity contribution < 1.29 is 14.1 Å². The average Bonchev–Trinajstić information content (AvgIpc) is 3.42. The van der Waals surface area contributed by atoms with E-state index in [-0.39, 0.29) is 11.8 Å². The van der Waals surface area contributed by atoms with Gasteiger partial charge in [-0.2, -0.15) is 4.98 Å². The Morgan fingerprint density at radius 1 is 1.17 bits per heavy atom. The van der Waals surface area contributed by atoms with Crippen LogP contribution in [-0.4, -0.2) is 39.4 Å². The van der Waals surface area contributed by atoms with Crippen molar-refractivity contribution in [2.75, 3.05) is 6.54 Å². The van der Waals surface area contributed by atoms with Gasteiger partial charge < -0.3 is 14.7 Å². The molecule has 0 saturated carbocycles. The summed E-state index contributed by atoms with van der Waals surface area (Å²) >= 11 is 5.89. The SMILES string of the molecule is Cc1nc(-c2ccc(C(=O)N3CCCC3C(=O)NCc3ccc(Cl)cc3)cc2)no1. The molecular weight excluding hydrogens is 404 g/mol. The maximum atomic E-state index is 13.0. The van der Waals surface area contributed by atoms with Gasteiger partial charge in [-0.3, -0.25) is 9.59 Å². The molecule has 3 aromatic rings. The van der Waals surface area contributed by atoms with Gasteiger partial charge in [-0.25, -0.2) is 0 Å². The highest BCUT2D eigenvalue weighted by Crippen LogP contribution is 2.22. The number of carbonyl (C=O) groups is 2. The quantitative estimate of drug-likeness (QED) is 0.675. The van der Waals surface area contributed by atoms with Gasteiger partial charge in [0.25, 0.3) is 5.91 Å². The van der Waals surface area contributed by atoms with Crippen LogP contribution < -0.4 is 5.32 Å². The molecular formula is C22H21ClN4O3. The molecule has 1 N–H and O–H groups in total. The molecule has 0 aliphatic carbocycles. The third kappa shape index (κ3) is 4.36. The van der Waals surface area contributed by atoms with Gasteiger partial charge in [-0.1, -0.05) is 41.0 Å². The van der Waals surface area contributed by atoms with E-state index in [2.05, 4.69) is 15.5 Å². The normalized spacial score (nSPS) is 15.9. The van der Waals surface area contributed by atoms with E-state index in [0.717, 1.165) is 17.5 Å². The van der Waals surface area contributed by atoms with Gasteiger partial charge in [0.15, 0.2) is 0 Å². The average molecular weight is 425 g/mol. The Hall–Kier alpha value is -3.19. The number of benzene rings is 2. The second-order valence-electron chi connectivity index (χ2n) is 7.22. The van der Waals surface area contributed by atoms with Crippen molar-refractivity contribution in [2.24, 2.45) is 0 Å². The predicted octanol–water partition coefficient (Wildman–Crippen LogP) is 3.62. The molecule has 1 aliphatic heterocycles. The van der Waals surface area contributed by atoms with Crippen LogP contribution in [0.3, 0.4) is 0 Å². The van der Waals surface area contributed by atoms with E-state index >= 15 is 0 Å². The minimum atomic E-state index is -0.468. The van der Waals surface area contributed by atoms with E-state index in [4.69, 9.17) is 16.1 Å². The summed E-state index contributed by atoms with van der Waals surface area (Å²) in [5.41, 5.74) is 2.24. The van der Waals surface area contributed by atoms with Crippen LogP contribution in [-0.2, 0) is 11.3 Å². The van der Waals surface area contributed by atoms with E-state index in [1.54, 1.807) is 48.2 Å². The first-order valence-electron chi connectivity index (χ1n) is 9.75. The molecule has 2 amide bonds. The Morgan fingerprint density at radius 3 is 2.57 bits per heavy atom. The minimum absolute atomic E-state index is 0.144. The molecule has 1 aromatic heterocycles. The lowest BCUT2D eigenvalue weighted by Gasteiger charge is -2.24. The number of aromatic nitrogens is 2. The summed E-state index contributed by atoms with van der Waals surface area (Å²) in [5.74, 6) is 0.659. The number of likely N-dealkylation sites (tertiary alicyclic amines) is 1. The van der Waals surface area contributed by atoms with Crippen LogP contribution in [0.2, 0.25) is 5.02 Å². The van der Waals surface area contributed by atoms with Gasteiger partial charge in [0.1, 0.15) is 6.04 Å². The number of amides is 2. The van der Waals surface area contributed by atoms with Crippen LogP contribution in [0.1, 0.15) is 34.7 Å². The molecule has 0 bridgehead atoms. The number of rotatable bonds is 5. The summed E-state index contributed by atoms with van der Waals surface area (Å²) in [6.07, 6.45) is 1.45. The molecule has 2 aromatic carbocycles. The number of carbonyl (C=O) groups excluding carboxylic acids is 2. The highest BCUT2D eigenvalue weighted by molar-refractivity contribution is 6.30. The fraction of sp³-hybridized carbons (Fsp3) is 0.273. The van der Waals surface area contributed by atoms with E-state index < -0.39 is 6.04 Å². The van der Waals surface area contributed by atoms with Crippen LogP contribution in [0.5, 0.6) is 0 Å². The summed E-state index contributed by atoms with van der Waals surface area (Å²) in [7, 11) is 0. The van der Waals surface area contributed by atoms with Crippen molar-refractivity contribution >= 4 is 23.4 Å². The second-order valence-corrected chi connectivity index (χ2v) is 7.65. The zero-order valence-corrected chi connectivity index (χ0v) is 17.2. The van der Waals surface area contributed by atoms with Crippen molar-refractivity contribution in [3.05, 3.63) is 70.6 Å². The summed E-state index contributed by atoms with van der Waals surface area (Å²) in [6, 6.07) is 13.9. The fourth-order valence-electron chi connectivity index (χ4n) is 3.54. The van der Waals surface area contributed by atoms with Gasteiger partial charge >= 0.3 is 0 Å². The third-order valence-electron chi connectivity index (χ3n) is 5.11. The molecule has 4 rings (SSSR count). The molecule has 30 heavy (non-hydrogen) atoms. The number of hydrogen-bond acceptors (Lipinski definition) is 5. The van der Waals surface area contributed by atoms with Gasteiger partial charge in [-0.05, 0) is 42.7 Å². The zero-order chi connectivity index (χ0) is 21.1. The monoisotopic (exact) mass is 424 g/mol.